The molecule has 0 saturated heterocycles. The highest BCUT2D eigenvalue weighted by molar-refractivity contribution is 7.92. The molecule has 0 aromatic heterocycles. The Hall–Kier alpha value is -3.14. The summed E-state index contributed by atoms with van der Waals surface area (Å²) >= 11 is 0. The van der Waals surface area contributed by atoms with E-state index in [1.807, 2.05) is 24.3 Å². The molecule has 29 heavy (non-hydrogen) atoms. The van der Waals surface area contributed by atoms with Crippen molar-refractivity contribution in [3.05, 3.63) is 64.2 Å². The average molecular weight is 421 g/mol. The molecule has 1 atom stereocenters. The Bertz CT molecular complexity index is 976. The fraction of sp³-hybridized carbons (Fsp3) is 0.316. The largest absolute Gasteiger partial charge is 0.497 e. The second kappa shape index (κ2) is 9.37. The zero-order valence-corrected chi connectivity index (χ0v) is 17.2. The summed E-state index contributed by atoms with van der Waals surface area (Å²) in [7, 11) is -2.28. The highest BCUT2D eigenvalue weighted by atomic mass is 32.2. The number of carbonyl (C=O) groups is 1. The van der Waals surface area contributed by atoms with E-state index in [0.29, 0.717) is 13.0 Å². The lowest BCUT2D eigenvalue weighted by molar-refractivity contribution is -0.384. The number of nitro groups is 1. The minimum atomic E-state index is -3.85. The molecule has 0 aliphatic heterocycles. The van der Waals surface area contributed by atoms with Crippen LogP contribution >= 0.6 is 0 Å². The number of amides is 1. The Morgan fingerprint density at radius 1 is 1.24 bits per heavy atom. The number of ether oxygens (including phenoxy) is 1. The number of sulfonamides is 1. The van der Waals surface area contributed by atoms with Crippen LogP contribution in [0.4, 0.5) is 11.4 Å². The van der Waals surface area contributed by atoms with Gasteiger partial charge in [-0.1, -0.05) is 18.2 Å². The van der Waals surface area contributed by atoms with E-state index in [0.717, 1.165) is 27.9 Å². The maximum atomic E-state index is 12.5. The van der Waals surface area contributed by atoms with E-state index in [2.05, 4.69) is 5.32 Å². The van der Waals surface area contributed by atoms with E-state index in [4.69, 9.17) is 4.74 Å². The molecular weight excluding hydrogens is 398 g/mol. The maximum Gasteiger partial charge on any atom is 0.271 e. The number of nitrogens with zero attached hydrogens (tertiary/aromatic N) is 2. The topological polar surface area (TPSA) is 119 Å². The molecule has 0 fully saturated rings. The molecule has 0 radical (unpaired) electrons. The van der Waals surface area contributed by atoms with Crippen molar-refractivity contribution in [2.45, 2.75) is 19.4 Å². The van der Waals surface area contributed by atoms with Gasteiger partial charge in [0.05, 0.1) is 24.0 Å². The summed E-state index contributed by atoms with van der Waals surface area (Å²) in [5, 5.41) is 13.7. The standard InChI is InChI=1S/C19H23N3O6S/c1-14(19(23)20-12-11-15-7-9-18(28-2)10-8-15)21(29(3,26)27)16-5-4-6-17(13-16)22(24)25/h4-10,13-14H,11-12H2,1-3H3,(H,20,23)/t14-/m1/s1. The van der Waals surface area contributed by atoms with Crippen molar-refractivity contribution in [1.29, 1.82) is 0 Å². The number of methoxy groups -OCH3 is 1. The third-order valence-corrected chi connectivity index (χ3v) is 5.50. The highest BCUT2D eigenvalue weighted by Crippen LogP contribution is 2.25. The Morgan fingerprint density at radius 2 is 1.90 bits per heavy atom. The van der Waals surface area contributed by atoms with Gasteiger partial charge in [-0.2, -0.15) is 0 Å². The molecule has 0 aliphatic carbocycles. The molecular formula is C19H23N3O6S. The van der Waals surface area contributed by atoms with Crippen LogP contribution in [0.3, 0.4) is 0 Å². The van der Waals surface area contributed by atoms with Gasteiger partial charge >= 0.3 is 0 Å². The maximum absolute atomic E-state index is 12.5. The van der Waals surface area contributed by atoms with Gasteiger partial charge in [-0.3, -0.25) is 19.2 Å². The van der Waals surface area contributed by atoms with Crippen molar-refractivity contribution < 1.29 is 22.9 Å². The summed E-state index contributed by atoms with van der Waals surface area (Å²) < 4.78 is 30.5. The van der Waals surface area contributed by atoms with Crippen molar-refractivity contribution >= 4 is 27.3 Å². The van der Waals surface area contributed by atoms with Crippen molar-refractivity contribution in [3.8, 4) is 5.75 Å². The van der Waals surface area contributed by atoms with Crippen molar-refractivity contribution in [2.24, 2.45) is 0 Å². The number of nitro benzene ring substituents is 1. The van der Waals surface area contributed by atoms with Gasteiger partial charge in [-0.05, 0) is 37.1 Å². The zero-order chi connectivity index (χ0) is 21.6. The molecule has 0 saturated carbocycles. The average Bonchev–Trinajstić information content (AvgIpc) is 2.67. The van der Waals surface area contributed by atoms with Crippen molar-refractivity contribution in [2.75, 3.05) is 24.2 Å². The van der Waals surface area contributed by atoms with E-state index >= 15 is 0 Å². The second-order valence-corrected chi connectivity index (χ2v) is 8.26. The Morgan fingerprint density at radius 3 is 2.45 bits per heavy atom. The summed E-state index contributed by atoms with van der Waals surface area (Å²) in [5.74, 6) is 0.225. The third-order valence-electron chi connectivity index (χ3n) is 4.26. The first-order valence-corrected chi connectivity index (χ1v) is 10.6. The number of hydrogen-bond donors (Lipinski definition) is 1. The van der Waals surface area contributed by atoms with Gasteiger partial charge in [0, 0.05) is 18.7 Å². The molecule has 0 spiro atoms. The lowest BCUT2D eigenvalue weighted by Gasteiger charge is -2.28. The summed E-state index contributed by atoms with van der Waals surface area (Å²) in [6, 6.07) is 11.5. The summed E-state index contributed by atoms with van der Waals surface area (Å²) in [4.78, 5) is 22.9. The lowest BCUT2D eigenvalue weighted by atomic mass is 10.1. The van der Waals surface area contributed by atoms with Crippen LogP contribution in [0.2, 0.25) is 0 Å². The quantitative estimate of drug-likeness (QED) is 0.489. The number of hydrogen-bond acceptors (Lipinski definition) is 6. The van der Waals surface area contributed by atoms with Gasteiger partial charge < -0.3 is 10.1 Å². The number of anilines is 1. The molecule has 0 unspecified atom stereocenters. The molecule has 0 heterocycles. The molecule has 1 N–H and O–H groups in total. The fourth-order valence-corrected chi connectivity index (χ4v) is 3.99. The molecule has 10 heteroatoms. The number of nitrogens with one attached hydrogen (secondary N) is 1. The predicted molar refractivity (Wildman–Crippen MR) is 110 cm³/mol. The lowest BCUT2D eigenvalue weighted by Crippen LogP contribution is -2.48. The number of rotatable bonds is 9. The minimum Gasteiger partial charge on any atom is -0.497 e. The Kier molecular flexibility index (Phi) is 7.16. The first-order valence-electron chi connectivity index (χ1n) is 8.78. The van der Waals surface area contributed by atoms with E-state index in [9.17, 15) is 23.3 Å². The molecule has 0 bridgehead atoms. The summed E-state index contributed by atoms with van der Waals surface area (Å²) in [6.45, 7) is 1.74. The van der Waals surface area contributed by atoms with Crippen LogP contribution in [-0.2, 0) is 21.2 Å². The Labute approximate surface area is 169 Å². The van der Waals surface area contributed by atoms with Gasteiger partial charge in [-0.25, -0.2) is 8.42 Å². The van der Waals surface area contributed by atoms with Crippen LogP contribution in [0.15, 0.2) is 48.5 Å². The monoisotopic (exact) mass is 421 g/mol. The van der Waals surface area contributed by atoms with Gasteiger partial charge in [-0.15, -0.1) is 0 Å². The van der Waals surface area contributed by atoms with Crippen LogP contribution in [0.5, 0.6) is 5.75 Å². The first kappa shape index (κ1) is 22.2. The molecule has 2 aromatic carbocycles. The number of carbonyl (C=O) groups excluding carboxylic acids is 1. The minimum absolute atomic E-state index is 0.0551. The van der Waals surface area contributed by atoms with E-state index in [1.165, 1.54) is 25.1 Å². The van der Waals surface area contributed by atoms with Crippen LogP contribution in [0, 0.1) is 10.1 Å². The smallest absolute Gasteiger partial charge is 0.271 e. The molecule has 2 aromatic rings. The second-order valence-electron chi connectivity index (χ2n) is 6.40. The highest BCUT2D eigenvalue weighted by Gasteiger charge is 2.29. The van der Waals surface area contributed by atoms with Crippen LogP contribution < -0.4 is 14.4 Å². The zero-order valence-electron chi connectivity index (χ0n) is 16.4. The van der Waals surface area contributed by atoms with E-state index in [1.54, 1.807) is 7.11 Å². The van der Waals surface area contributed by atoms with Crippen LogP contribution in [-0.4, -0.2) is 45.2 Å². The van der Waals surface area contributed by atoms with Crippen molar-refractivity contribution in [1.82, 2.24) is 5.32 Å². The number of benzene rings is 2. The van der Waals surface area contributed by atoms with Crippen molar-refractivity contribution in [3.63, 3.8) is 0 Å². The molecule has 0 aliphatic rings. The van der Waals surface area contributed by atoms with Gasteiger partial charge in [0.1, 0.15) is 11.8 Å². The Balaban J connectivity index is 2.10. The summed E-state index contributed by atoms with van der Waals surface area (Å²) in [5.41, 5.74) is 0.778. The number of non-ortho nitro benzene ring substituents is 1. The van der Waals surface area contributed by atoms with Crippen LogP contribution in [0.25, 0.3) is 0 Å². The molecule has 156 valence electrons. The first-order chi connectivity index (χ1) is 13.6. The van der Waals surface area contributed by atoms with Gasteiger partial charge in [0.2, 0.25) is 15.9 Å². The predicted octanol–water partition coefficient (Wildman–Crippen LogP) is 2.12. The van der Waals surface area contributed by atoms with Crippen LogP contribution in [0.1, 0.15) is 12.5 Å². The molecule has 9 nitrogen and oxygen atoms in total. The van der Waals surface area contributed by atoms with Gasteiger partial charge in [0.25, 0.3) is 5.69 Å². The van der Waals surface area contributed by atoms with E-state index < -0.39 is 26.9 Å². The van der Waals surface area contributed by atoms with E-state index in [-0.39, 0.29) is 11.4 Å². The molecule has 2 rings (SSSR count). The fourth-order valence-electron chi connectivity index (χ4n) is 2.82. The third kappa shape index (κ3) is 5.92. The normalized spacial score (nSPS) is 12.1. The molecule has 1 amide bonds. The summed E-state index contributed by atoms with van der Waals surface area (Å²) in [6.07, 6.45) is 1.51. The SMILES string of the molecule is COc1ccc(CCNC(=O)[C@@H](C)N(c2cccc([N+](=O)[O-])c2)S(C)(=O)=O)cc1. The van der Waals surface area contributed by atoms with Gasteiger partial charge in [0.15, 0.2) is 0 Å².